The van der Waals surface area contributed by atoms with E-state index in [2.05, 4.69) is 0 Å². The summed E-state index contributed by atoms with van der Waals surface area (Å²) in [5.41, 5.74) is 1.92. The topological polar surface area (TPSA) is 72.5 Å². The molecule has 0 heterocycles. The smallest absolute Gasteiger partial charge is 0.274 e. The highest BCUT2D eigenvalue weighted by molar-refractivity contribution is 7.90. The van der Waals surface area contributed by atoms with E-state index in [0.29, 0.717) is 5.75 Å². The number of sulfonamides is 1. The summed E-state index contributed by atoms with van der Waals surface area (Å²) in [5.74, 6) is -0.201. The molecule has 0 saturated heterocycles. The third-order valence-corrected chi connectivity index (χ3v) is 4.60. The fourth-order valence-corrected chi connectivity index (χ4v) is 2.98. The number of hydrogen-bond acceptors (Lipinski definition) is 4. The van der Waals surface area contributed by atoms with Crippen molar-refractivity contribution in [2.75, 3.05) is 0 Å². The van der Waals surface area contributed by atoms with Crippen molar-refractivity contribution in [3.63, 3.8) is 0 Å². The third-order valence-electron chi connectivity index (χ3n) is 3.24. The summed E-state index contributed by atoms with van der Waals surface area (Å²) in [6, 6.07) is 13.5. The van der Waals surface area contributed by atoms with Gasteiger partial charge in [-0.2, -0.15) is 0 Å². The molecular formula is C17H19NO4S. The molecule has 0 unspecified atom stereocenters. The van der Waals surface area contributed by atoms with Gasteiger partial charge in [0, 0.05) is 0 Å². The van der Waals surface area contributed by atoms with Crippen molar-refractivity contribution in [2.45, 2.75) is 31.8 Å². The Kier molecular flexibility index (Phi) is 5.05. The molecule has 0 aliphatic heterocycles. The fraction of sp³-hybridized carbons (Fsp3) is 0.235. The van der Waals surface area contributed by atoms with Gasteiger partial charge in [-0.3, -0.25) is 4.79 Å². The molecular weight excluding hydrogens is 314 g/mol. The van der Waals surface area contributed by atoms with E-state index in [1.807, 2.05) is 24.6 Å². The van der Waals surface area contributed by atoms with Crippen LogP contribution in [0, 0.1) is 13.8 Å². The molecule has 2 aromatic carbocycles. The van der Waals surface area contributed by atoms with Gasteiger partial charge in [0.05, 0.1) is 4.90 Å². The van der Waals surface area contributed by atoms with Crippen molar-refractivity contribution in [2.24, 2.45) is 0 Å². The van der Waals surface area contributed by atoms with Crippen LogP contribution in [0.5, 0.6) is 5.75 Å². The maximum absolute atomic E-state index is 12.2. The molecule has 0 spiro atoms. The Bertz CT molecular complexity index is 798. The number of ether oxygens (including phenoxy) is 1. The molecule has 0 saturated carbocycles. The molecule has 122 valence electrons. The number of nitrogens with one attached hydrogen (secondary N) is 1. The van der Waals surface area contributed by atoms with Crippen molar-refractivity contribution >= 4 is 15.9 Å². The van der Waals surface area contributed by atoms with Gasteiger partial charge in [0.25, 0.3) is 15.9 Å². The monoisotopic (exact) mass is 333 g/mol. The van der Waals surface area contributed by atoms with Gasteiger partial charge >= 0.3 is 0 Å². The standard InChI is InChI=1S/C17H19NO4S/c1-12-7-9-16(10-8-12)23(20,21)18-17(19)14(3)22-15-6-4-5-13(2)11-15/h4-11,14H,1-3H3,(H,18,19)/t14-/m0/s1. The summed E-state index contributed by atoms with van der Waals surface area (Å²) in [6.45, 7) is 5.26. The SMILES string of the molecule is Cc1ccc(S(=O)(=O)NC(=O)[C@H](C)Oc2cccc(C)c2)cc1. The van der Waals surface area contributed by atoms with Crippen molar-refractivity contribution in [1.82, 2.24) is 4.72 Å². The van der Waals surface area contributed by atoms with Gasteiger partial charge in [-0.1, -0.05) is 29.8 Å². The van der Waals surface area contributed by atoms with Crippen LogP contribution in [0.3, 0.4) is 0 Å². The molecule has 0 aromatic heterocycles. The van der Waals surface area contributed by atoms with E-state index in [9.17, 15) is 13.2 Å². The lowest BCUT2D eigenvalue weighted by atomic mass is 10.2. The van der Waals surface area contributed by atoms with Crippen LogP contribution in [-0.2, 0) is 14.8 Å². The lowest BCUT2D eigenvalue weighted by Gasteiger charge is -2.15. The minimum absolute atomic E-state index is 0.0409. The average Bonchev–Trinajstić information content (AvgIpc) is 2.47. The molecule has 23 heavy (non-hydrogen) atoms. The second-order valence-corrected chi connectivity index (χ2v) is 7.04. The highest BCUT2D eigenvalue weighted by Crippen LogP contribution is 2.15. The Morgan fingerprint density at radius 3 is 2.30 bits per heavy atom. The van der Waals surface area contributed by atoms with Crippen LogP contribution in [0.2, 0.25) is 0 Å². The maximum atomic E-state index is 12.2. The van der Waals surface area contributed by atoms with Gasteiger partial charge in [0.1, 0.15) is 5.75 Å². The molecule has 0 radical (unpaired) electrons. The summed E-state index contributed by atoms with van der Waals surface area (Å²) >= 11 is 0. The van der Waals surface area contributed by atoms with E-state index < -0.39 is 22.0 Å². The summed E-state index contributed by atoms with van der Waals surface area (Å²) in [4.78, 5) is 12.1. The third kappa shape index (κ3) is 4.56. The van der Waals surface area contributed by atoms with Gasteiger partial charge in [0.15, 0.2) is 6.10 Å². The molecule has 5 nitrogen and oxygen atoms in total. The second kappa shape index (κ2) is 6.83. The average molecular weight is 333 g/mol. The largest absolute Gasteiger partial charge is 0.481 e. The Morgan fingerprint density at radius 1 is 1.04 bits per heavy atom. The molecule has 0 fully saturated rings. The normalized spacial score (nSPS) is 12.5. The number of carbonyl (C=O) groups is 1. The zero-order valence-electron chi connectivity index (χ0n) is 13.2. The van der Waals surface area contributed by atoms with Crippen molar-refractivity contribution in [3.8, 4) is 5.75 Å². The second-order valence-electron chi connectivity index (χ2n) is 5.36. The van der Waals surface area contributed by atoms with Gasteiger partial charge in [-0.05, 0) is 50.6 Å². The highest BCUT2D eigenvalue weighted by atomic mass is 32.2. The Morgan fingerprint density at radius 2 is 1.70 bits per heavy atom. The van der Waals surface area contributed by atoms with Crippen LogP contribution < -0.4 is 9.46 Å². The van der Waals surface area contributed by atoms with E-state index in [1.165, 1.54) is 19.1 Å². The van der Waals surface area contributed by atoms with Crippen LogP contribution in [0.4, 0.5) is 0 Å². The van der Waals surface area contributed by atoms with Crippen LogP contribution in [0.1, 0.15) is 18.1 Å². The van der Waals surface area contributed by atoms with Crippen LogP contribution >= 0.6 is 0 Å². The number of benzene rings is 2. The Hall–Kier alpha value is -2.34. The quantitative estimate of drug-likeness (QED) is 0.913. The van der Waals surface area contributed by atoms with E-state index in [1.54, 1.807) is 30.3 Å². The van der Waals surface area contributed by atoms with E-state index >= 15 is 0 Å². The van der Waals surface area contributed by atoms with Crippen LogP contribution in [0.15, 0.2) is 53.4 Å². The van der Waals surface area contributed by atoms with Crippen molar-refractivity contribution < 1.29 is 17.9 Å². The minimum atomic E-state index is -3.90. The molecule has 0 bridgehead atoms. The first kappa shape index (κ1) is 17.0. The van der Waals surface area contributed by atoms with Crippen LogP contribution in [0.25, 0.3) is 0 Å². The van der Waals surface area contributed by atoms with E-state index in [-0.39, 0.29) is 4.90 Å². The predicted molar refractivity (Wildman–Crippen MR) is 87.8 cm³/mol. The van der Waals surface area contributed by atoms with Gasteiger partial charge in [0.2, 0.25) is 0 Å². The fourth-order valence-electron chi connectivity index (χ4n) is 1.94. The first-order valence-electron chi connectivity index (χ1n) is 7.14. The molecule has 1 N–H and O–H groups in total. The highest BCUT2D eigenvalue weighted by Gasteiger charge is 2.22. The number of hydrogen-bond donors (Lipinski definition) is 1. The Labute approximate surface area is 136 Å². The zero-order valence-corrected chi connectivity index (χ0v) is 14.1. The number of amides is 1. The Balaban J connectivity index is 2.06. The summed E-state index contributed by atoms with van der Waals surface area (Å²) in [7, 11) is -3.90. The number of rotatable bonds is 5. The van der Waals surface area contributed by atoms with Crippen LogP contribution in [-0.4, -0.2) is 20.4 Å². The predicted octanol–water partition coefficient (Wildman–Crippen LogP) is 2.58. The molecule has 2 aromatic rings. The molecule has 1 atom stereocenters. The van der Waals surface area contributed by atoms with E-state index in [4.69, 9.17) is 4.74 Å². The summed E-state index contributed by atoms with van der Waals surface area (Å²) in [6.07, 6.45) is -0.933. The van der Waals surface area contributed by atoms with Gasteiger partial charge in [-0.15, -0.1) is 0 Å². The lowest BCUT2D eigenvalue weighted by molar-refractivity contribution is -0.125. The summed E-state index contributed by atoms with van der Waals surface area (Å²) < 4.78 is 31.9. The number of carbonyl (C=O) groups excluding carboxylic acids is 1. The number of aryl methyl sites for hydroxylation is 2. The lowest BCUT2D eigenvalue weighted by Crippen LogP contribution is -2.39. The minimum Gasteiger partial charge on any atom is -0.481 e. The van der Waals surface area contributed by atoms with E-state index in [0.717, 1.165) is 11.1 Å². The van der Waals surface area contributed by atoms with Gasteiger partial charge in [-0.25, -0.2) is 13.1 Å². The zero-order chi connectivity index (χ0) is 17.0. The molecule has 1 amide bonds. The first-order valence-corrected chi connectivity index (χ1v) is 8.63. The van der Waals surface area contributed by atoms with Gasteiger partial charge < -0.3 is 4.74 Å². The van der Waals surface area contributed by atoms with Crippen molar-refractivity contribution in [3.05, 3.63) is 59.7 Å². The first-order chi connectivity index (χ1) is 10.8. The molecule has 6 heteroatoms. The molecule has 0 aliphatic carbocycles. The molecule has 2 rings (SSSR count). The van der Waals surface area contributed by atoms with Crippen molar-refractivity contribution in [1.29, 1.82) is 0 Å². The maximum Gasteiger partial charge on any atom is 0.274 e. The summed E-state index contributed by atoms with van der Waals surface area (Å²) in [5, 5.41) is 0. The molecule has 0 aliphatic rings.